The molecule has 1 N–H and O–H groups in total. The fraction of sp³-hybridized carbons (Fsp3) is 1.00. The number of rotatable bonds is 7. The molecule has 0 amide bonds. The van der Waals surface area contributed by atoms with E-state index < -0.39 is 0 Å². The van der Waals surface area contributed by atoms with Crippen LogP contribution in [0.5, 0.6) is 0 Å². The maximum atomic E-state index is 3.65. The third-order valence-corrected chi connectivity index (χ3v) is 2.97. The van der Waals surface area contributed by atoms with E-state index in [-0.39, 0.29) is 12.4 Å². The molecule has 0 saturated heterocycles. The molecule has 15 heavy (non-hydrogen) atoms. The highest BCUT2D eigenvalue weighted by Crippen LogP contribution is 2.09. The molecule has 0 aromatic rings. The van der Waals surface area contributed by atoms with E-state index in [4.69, 9.17) is 0 Å². The highest BCUT2D eigenvalue weighted by molar-refractivity contribution is 5.85. The summed E-state index contributed by atoms with van der Waals surface area (Å²) in [5.41, 5.74) is 0. The lowest BCUT2D eigenvalue weighted by Gasteiger charge is -2.23. The summed E-state index contributed by atoms with van der Waals surface area (Å²) >= 11 is 0. The first-order chi connectivity index (χ1) is 6.43. The van der Waals surface area contributed by atoms with Gasteiger partial charge in [0, 0.05) is 12.1 Å². The van der Waals surface area contributed by atoms with Crippen LogP contribution in [0, 0.1) is 11.8 Å². The topological polar surface area (TPSA) is 12.0 Å². The van der Waals surface area contributed by atoms with Crippen LogP contribution in [-0.4, -0.2) is 12.1 Å². The molecule has 94 valence electrons. The molecule has 0 heterocycles. The van der Waals surface area contributed by atoms with Gasteiger partial charge in [-0.15, -0.1) is 12.4 Å². The highest BCUT2D eigenvalue weighted by Gasteiger charge is 2.10. The minimum atomic E-state index is 0. The average molecular weight is 236 g/mol. The van der Waals surface area contributed by atoms with Crippen molar-refractivity contribution in [2.75, 3.05) is 0 Å². The number of nitrogens with one attached hydrogen (secondary N) is 1. The summed E-state index contributed by atoms with van der Waals surface area (Å²) in [6, 6.07) is 1.32. The molecule has 0 aromatic heterocycles. The zero-order chi connectivity index (χ0) is 11.1. The molecule has 0 radical (unpaired) electrons. The predicted octanol–water partition coefficient (Wildman–Crippen LogP) is 4.26. The third-order valence-electron chi connectivity index (χ3n) is 2.97. The molecule has 0 aliphatic heterocycles. The van der Waals surface area contributed by atoms with Gasteiger partial charge in [-0.1, -0.05) is 40.5 Å². The molecule has 0 aromatic carbocycles. The quantitative estimate of drug-likeness (QED) is 0.696. The lowest BCUT2D eigenvalue weighted by molar-refractivity contribution is 0.361. The molecule has 0 fully saturated rings. The fourth-order valence-electron chi connectivity index (χ4n) is 1.56. The summed E-state index contributed by atoms with van der Waals surface area (Å²) in [4.78, 5) is 0. The minimum absolute atomic E-state index is 0. The number of hydrogen-bond acceptors (Lipinski definition) is 1. The maximum Gasteiger partial charge on any atom is 0.00642 e. The van der Waals surface area contributed by atoms with Crippen molar-refractivity contribution in [3.8, 4) is 0 Å². The van der Waals surface area contributed by atoms with E-state index in [1.54, 1.807) is 0 Å². The van der Waals surface area contributed by atoms with Crippen LogP contribution in [0.2, 0.25) is 0 Å². The van der Waals surface area contributed by atoms with Gasteiger partial charge in [0.1, 0.15) is 0 Å². The second-order valence-electron chi connectivity index (χ2n) is 5.43. The Labute approximate surface area is 103 Å². The van der Waals surface area contributed by atoms with Gasteiger partial charge in [0.15, 0.2) is 0 Å². The molecule has 0 aliphatic carbocycles. The Hall–Kier alpha value is 0.250. The Balaban J connectivity index is 0. The smallest absolute Gasteiger partial charge is 0.00642 e. The van der Waals surface area contributed by atoms with Gasteiger partial charge in [0.05, 0.1) is 0 Å². The van der Waals surface area contributed by atoms with Crippen LogP contribution in [0.3, 0.4) is 0 Å². The van der Waals surface area contributed by atoms with Crippen LogP contribution >= 0.6 is 12.4 Å². The monoisotopic (exact) mass is 235 g/mol. The van der Waals surface area contributed by atoms with Gasteiger partial charge < -0.3 is 5.32 Å². The van der Waals surface area contributed by atoms with Gasteiger partial charge in [0.2, 0.25) is 0 Å². The van der Waals surface area contributed by atoms with Gasteiger partial charge in [-0.3, -0.25) is 0 Å². The van der Waals surface area contributed by atoms with Crippen molar-refractivity contribution in [3.05, 3.63) is 0 Å². The van der Waals surface area contributed by atoms with Crippen LogP contribution in [0.1, 0.15) is 60.8 Å². The first kappa shape index (κ1) is 17.6. The number of halogens is 1. The summed E-state index contributed by atoms with van der Waals surface area (Å²) in [5, 5.41) is 3.65. The molecule has 0 bridgehead atoms. The first-order valence-electron chi connectivity index (χ1n) is 6.19. The summed E-state index contributed by atoms with van der Waals surface area (Å²) in [7, 11) is 0. The third kappa shape index (κ3) is 10.5. The molecule has 2 atom stereocenters. The summed E-state index contributed by atoms with van der Waals surface area (Å²) < 4.78 is 0. The molecule has 0 spiro atoms. The lowest BCUT2D eigenvalue weighted by atomic mass is 10.0. The van der Waals surface area contributed by atoms with Gasteiger partial charge in [-0.25, -0.2) is 0 Å². The largest absolute Gasteiger partial charge is 0.312 e. The van der Waals surface area contributed by atoms with Crippen molar-refractivity contribution >= 4 is 12.4 Å². The van der Waals surface area contributed by atoms with E-state index in [2.05, 4.69) is 46.9 Å². The predicted molar refractivity (Wildman–Crippen MR) is 72.8 cm³/mol. The van der Waals surface area contributed by atoms with E-state index in [1.807, 2.05) is 0 Å². The van der Waals surface area contributed by atoms with Gasteiger partial charge in [-0.2, -0.15) is 0 Å². The summed E-state index contributed by atoms with van der Waals surface area (Å²) in [5.74, 6) is 1.59. The molecule has 0 saturated carbocycles. The Bertz CT molecular complexity index is 134. The van der Waals surface area contributed by atoms with Crippen LogP contribution in [0.15, 0.2) is 0 Å². The Morgan fingerprint density at radius 3 is 1.80 bits per heavy atom. The summed E-state index contributed by atoms with van der Waals surface area (Å²) in [6.07, 6.45) is 4.04. The minimum Gasteiger partial charge on any atom is -0.312 e. The molecule has 2 heteroatoms. The highest BCUT2D eigenvalue weighted by atomic mass is 35.5. The normalized spacial score (nSPS) is 15.2. The first-order valence-corrected chi connectivity index (χ1v) is 6.19. The van der Waals surface area contributed by atoms with Crippen molar-refractivity contribution < 1.29 is 0 Å². The van der Waals surface area contributed by atoms with Gasteiger partial charge in [0.25, 0.3) is 0 Å². The summed E-state index contributed by atoms with van der Waals surface area (Å²) in [6.45, 7) is 13.7. The van der Waals surface area contributed by atoms with Crippen LogP contribution in [0.25, 0.3) is 0 Å². The van der Waals surface area contributed by atoms with Crippen LogP contribution < -0.4 is 5.32 Å². The molecule has 0 aliphatic rings. The van der Waals surface area contributed by atoms with Crippen molar-refractivity contribution in [1.82, 2.24) is 5.32 Å². The van der Waals surface area contributed by atoms with Crippen LogP contribution in [-0.2, 0) is 0 Å². The van der Waals surface area contributed by atoms with E-state index in [0.717, 1.165) is 11.8 Å². The molecular formula is C13H30ClN. The molecule has 2 unspecified atom stereocenters. The Morgan fingerprint density at radius 2 is 1.40 bits per heavy atom. The van der Waals surface area contributed by atoms with Crippen LogP contribution in [0.4, 0.5) is 0 Å². The second-order valence-corrected chi connectivity index (χ2v) is 5.43. The lowest BCUT2D eigenvalue weighted by Crippen LogP contribution is -2.37. The Kier molecular flexibility index (Phi) is 11.1. The van der Waals surface area contributed by atoms with Gasteiger partial charge in [-0.05, 0) is 32.1 Å². The van der Waals surface area contributed by atoms with Crippen molar-refractivity contribution in [2.45, 2.75) is 72.9 Å². The fourth-order valence-corrected chi connectivity index (χ4v) is 1.56. The number of hydrogen-bond donors (Lipinski definition) is 1. The maximum absolute atomic E-state index is 3.65. The Morgan fingerprint density at radius 1 is 0.867 bits per heavy atom. The second kappa shape index (κ2) is 9.47. The van der Waals surface area contributed by atoms with Crippen molar-refractivity contribution in [3.63, 3.8) is 0 Å². The molecule has 0 rings (SSSR count). The van der Waals surface area contributed by atoms with E-state index in [0.29, 0.717) is 12.1 Å². The van der Waals surface area contributed by atoms with E-state index >= 15 is 0 Å². The van der Waals surface area contributed by atoms with Crippen molar-refractivity contribution in [2.24, 2.45) is 11.8 Å². The van der Waals surface area contributed by atoms with Gasteiger partial charge >= 0.3 is 0 Å². The zero-order valence-electron chi connectivity index (χ0n) is 11.3. The van der Waals surface area contributed by atoms with E-state index in [1.165, 1.54) is 19.3 Å². The SMILES string of the molecule is CC(C)CCCC(C)NC(C)C(C)C.Cl. The van der Waals surface area contributed by atoms with E-state index in [9.17, 15) is 0 Å². The molecular weight excluding hydrogens is 206 g/mol. The molecule has 1 nitrogen and oxygen atoms in total. The average Bonchev–Trinajstić information content (AvgIpc) is 2.02. The standard InChI is InChI=1S/C13H29N.ClH/c1-10(2)8-7-9-12(5)14-13(6)11(3)4;/h10-14H,7-9H2,1-6H3;1H. The van der Waals surface area contributed by atoms with Crippen molar-refractivity contribution in [1.29, 1.82) is 0 Å². The zero-order valence-corrected chi connectivity index (χ0v) is 12.2.